The first-order valence-corrected chi connectivity index (χ1v) is 6.40. The lowest BCUT2D eigenvalue weighted by molar-refractivity contribution is -0.116. The Hall–Kier alpha value is -1.13. The second kappa shape index (κ2) is 6.16. The summed E-state index contributed by atoms with van der Waals surface area (Å²) in [6.07, 6.45) is 3.22. The van der Waals surface area contributed by atoms with Gasteiger partial charge in [-0.2, -0.15) is 0 Å². The number of anilines is 1. The minimum atomic E-state index is -0.593. The van der Waals surface area contributed by atoms with Gasteiger partial charge in [0, 0.05) is 13.0 Å². The van der Waals surface area contributed by atoms with E-state index in [4.69, 9.17) is 16.3 Å². The Morgan fingerprint density at radius 2 is 2.39 bits per heavy atom. The van der Waals surface area contributed by atoms with E-state index >= 15 is 0 Å². The summed E-state index contributed by atoms with van der Waals surface area (Å²) in [4.78, 5) is 11.7. The standard InChI is InChI=1S/C13H15ClFNO2/c14-10-4-1-5-11(13(10)15)16-12(17)7-6-9-3-2-8-18-9/h1,4-5,9H,2-3,6-8H2,(H,16,17). The summed E-state index contributed by atoms with van der Waals surface area (Å²) in [6.45, 7) is 0.773. The Balaban J connectivity index is 1.84. The SMILES string of the molecule is O=C(CCC1CCCO1)Nc1cccc(Cl)c1F. The summed E-state index contributed by atoms with van der Waals surface area (Å²) in [7, 11) is 0. The molecule has 1 atom stereocenters. The number of halogens is 2. The van der Waals surface area contributed by atoms with Crippen LogP contribution in [0.2, 0.25) is 5.02 Å². The molecule has 1 heterocycles. The molecule has 2 rings (SSSR count). The molecule has 0 saturated carbocycles. The molecule has 1 aromatic rings. The van der Waals surface area contributed by atoms with E-state index in [2.05, 4.69) is 5.32 Å². The van der Waals surface area contributed by atoms with Crippen LogP contribution in [0.1, 0.15) is 25.7 Å². The molecule has 5 heteroatoms. The number of carbonyl (C=O) groups excluding carboxylic acids is 1. The lowest BCUT2D eigenvalue weighted by Crippen LogP contribution is -2.16. The molecule has 1 aliphatic rings. The van der Waals surface area contributed by atoms with Crippen molar-refractivity contribution in [3.05, 3.63) is 29.0 Å². The second-order valence-corrected chi connectivity index (χ2v) is 4.73. The summed E-state index contributed by atoms with van der Waals surface area (Å²) in [6, 6.07) is 4.53. The normalized spacial score (nSPS) is 18.9. The fourth-order valence-corrected chi connectivity index (χ4v) is 2.15. The van der Waals surface area contributed by atoms with Crippen LogP contribution in [0.5, 0.6) is 0 Å². The Bertz CT molecular complexity index is 433. The van der Waals surface area contributed by atoms with Crippen molar-refractivity contribution in [3.63, 3.8) is 0 Å². The van der Waals surface area contributed by atoms with Crippen LogP contribution >= 0.6 is 11.6 Å². The van der Waals surface area contributed by atoms with Crippen molar-refractivity contribution in [1.29, 1.82) is 0 Å². The van der Waals surface area contributed by atoms with Crippen molar-refractivity contribution in [2.45, 2.75) is 31.8 Å². The Morgan fingerprint density at radius 1 is 1.56 bits per heavy atom. The number of hydrogen-bond acceptors (Lipinski definition) is 2. The maximum atomic E-state index is 13.5. The summed E-state index contributed by atoms with van der Waals surface area (Å²) in [5.41, 5.74) is 0.125. The lowest BCUT2D eigenvalue weighted by Gasteiger charge is -2.10. The van der Waals surface area contributed by atoms with Crippen LogP contribution in [0.4, 0.5) is 10.1 Å². The van der Waals surface area contributed by atoms with Crippen LogP contribution < -0.4 is 5.32 Å². The fourth-order valence-electron chi connectivity index (χ4n) is 1.98. The van der Waals surface area contributed by atoms with Gasteiger partial charge in [0.05, 0.1) is 16.8 Å². The van der Waals surface area contributed by atoms with Crippen LogP contribution in [0.25, 0.3) is 0 Å². The molecule has 18 heavy (non-hydrogen) atoms. The minimum absolute atomic E-state index is 0.00641. The van der Waals surface area contributed by atoms with Crippen molar-refractivity contribution in [3.8, 4) is 0 Å². The van der Waals surface area contributed by atoms with Gasteiger partial charge in [0.15, 0.2) is 5.82 Å². The van der Waals surface area contributed by atoms with Gasteiger partial charge in [-0.05, 0) is 31.4 Å². The van der Waals surface area contributed by atoms with E-state index in [1.54, 1.807) is 6.07 Å². The van der Waals surface area contributed by atoms with Gasteiger partial charge in [-0.3, -0.25) is 4.79 Å². The number of carbonyl (C=O) groups is 1. The number of amides is 1. The number of benzene rings is 1. The van der Waals surface area contributed by atoms with Crippen molar-refractivity contribution < 1.29 is 13.9 Å². The van der Waals surface area contributed by atoms with Crippen LogP contribution in [0.3, 0.4) is 0 Å². The molecular weight excluding hydrogens is 257 g/mol. The maximum absolute atomic E-state index is 13.5. The molecule has 3 nitrogen and oxygen atoms in total. The van der Waals surface area contributed by atoms with Gasteiger partial charge < -0.3 is 10.1 Å². The van der Waals surface area contributed by atoms with Gasteiger partial charge >= 0.3 is 0 Å². The fraction of sp³-hybridized carbons (Fsp3) is 0.462. The number of hydrogen-bond donors (Lipinski definition) is 1. The van der Waals surface area contributed by atoms with Gasteiger partial charge in [-0.15, -0.1) is 0 Å². The van der Waals surface area contributed by atoms with E-state index in [0.717, 1.165) is 19.4 Å². The van der Waals surface area contributed by atoms with Crippen molar-refractivity contribution in [1.82, 2.24) is 0 Å². The zero-order valence-electron chi connectivity index (χ0n) is 9.92. The zero-order chi connectivity index (χ0) is 13.0. The van der Waals surface area contributed by atoms with E-state index in [1.165, 1.54) is 12.1 Å². The van der Waals surface area contributed by atoms with E-state index in [0.29, 0.717) is 12.8 Å². The summed E-state index contributed by atoms with van der Waals surface area (Å²) < 4.78 is 19.0. The van der Waals surface area contributed by atoms with Crippen molar-refractivity contribution >= 4 is 23.2 Å². The lowest BCUT2D eigenvalue weighted by atomic mass is 10.1. The Morgan fingerprint density at radius 3 is 3.11 bits per heavy atom. The maximum Gasteiger partial charge on any atom is 0.224 e. The molecule has 1 N–H and O–H groups in total. The van der Waals surface area contributed by atoms with Crippen LogP contribution in [-0.4, -0.2) is 18.6 Å². The molecule has 0 aliphatic carbocycles. The summed E-state index contributed by atoms with van der Waals surface area (Å²) >= 11 is 5.63. The molecule has 0 spiro atoms. The van der Waals surface area contributed by atoms with Crippen LogP contribution in [-0.2, 0) is 9.53 Å². The van der Waals surface area contributed by atoms with Gasteiger partial charge in [-0.25, -0.2) is 4.39 Å². The third-order valence-corrected chi connectivity index (χ3v) is 3.23. The van der Waals surface area contributed by atoms with Gasteiger partial charge in [0.2, 0.25) is 5.91 Å². The average Bonchev–Trinajstić information content (AvgIpc) is 2.86. The Kier molecular flexibility index (Phi) is 4.55. The molecule has 0 radical (unpaired) electrons. The highest BCUT2D eigenvalue weighted by Crippen LogP contribution is 2.22. The quantitative estimate of drug-likeness (QED) is 0.912. The molecule has 0 aromatic heterocycles. The molecule has 0 bridgehead atoms. The summed E-state index contributed by atoms with van der Waals surface area (Å²) in [5, 5.41) is 2.53. The molecular formula is C13H15ClFNO2. The smallest absolute Gasteiger partial charge is 0.224 e. The number of nitrogens with one attached hydrogen (secondary N) is 1. The monoisotopic (exact) mass is 271 g/mol. The van der Waals surface area contributed by atoms with E-state index in [-0.39, 0.29) is 22.7 Å². The minimum Gasteiger partial charge on any atom is -0.378 e. The largest absolute Gasteiger partial charge is 0.378 e. The van der Waals surface area contributed by atoms with E-state index < -0.39 is 5.82 Å². The molecule has 1 fully saturated rings. The highest BCUT2D eigenvalue weighted by Gasteiger charge is 2.17. The highest BCUT2D eigenvalue weighted by atomic mass is 35.5. The van der Waals surface area contributed by atoms with Gasteiger partial charge in [0.25, 0.3) is 0 Å². The Labute approximate surface area is 110 Å². The van der Waals surface area contributed by atoms with E-state index in [1.807, 2.05) is 0 Å². The third kappa shape index (κ3) is 3.43. The summed E-state index contributed by atoms with van der Waals surface area (Å²) in [5.74, 6) is -0.809. The first-order valence-electron chi connectivity index (χ1n) is 6.02. The first kappa shape index (κ1) is 13.3. The van der Waals surface area contributed by atoms with Crippen LogP contribution in [0, 0.1) is 5.82 Å². The molecule has 1 unspecified atom stereocenters. The molecule has 1 aliphatic heterocycles. The van der Waals surface area contributed by atoms with E-state index in [9.17, 15) is 9.18 Å². The first-order chi connectivity index (χ1) is 8.66. The van der Waals surface area contributed by atoms with Gasteiger partial charge in [0.1, 0.15) is 0 Å². The third-order valence-electron chi connectivity index (χ3n) is 2.94. The predicted molar refractivity (Wildman–Crippen MR) is 68.2 cm³/mol. The van der Waals surface area contributed by atoms with Crippen molar-refractivity contribution in [2.24, 2.45) is 0 Å². The predicted octanol–water partition coefficient (Wildman–Crippen LogP) is 3.38. The molecule has 1 aromatic carbocycles. The van der Waals surface area contributed by atoms with Crippen molar-refractivity contribution in [2.75, 3.05) is 11.9 Å². The molecule has 1 amide bonds. The van der Waals surface area contributed by atoms with Gasteiger partial charge in [-0.1, -0.05) is 17.7 Å². The number of ether oxygens (including phenoxy) is 1. The second-order valence-electron chi connectivity index (χ2n) is 4.32. The topological polar surface area (TPSA) is 38.3 Å². The molecule has 98 valence electrons. The average molecular weight is 272 g/mol. The molecule has 1 saturated heterocycles. The zero-order valence-corrected chi connectivity index (χ0v) is 10.7. The number of rotatable bonds is 4. The highest BCUT2D eigenvalue weighted by molar-refractivity contribution is 6.31. The van der Waals surface area contributed by atoms with Crippen LogP contribution in [0.15, 0.2) is 18.2 Å².